The first-order chi connectivity index (χ1) is 14.6. The topological polar surface area (TPSA) is 92.8 Å². The molecule has 0 spiro atoms. The number of hydrogen-bond acceptors (Lipinski definition) is 5. The molecule has 0 unspecified atom stereocenters. The average Bonchev–Trinajstić information content (AvgIpc) is 2.87. The van der Waals surface area contributed by atoms with Crippen molar-refractivity contribution >= 4 is 21.8 Å². The molecule has 0 aliphatic carbocycles. The maximum atomic E-state index is 12.6. The molecule has 2 amide bonds. The van der Waals surface area contributed by atoms with Gasteiger partial charge in [0.2, 0.25) is 5.91 Å². The van der Waals surface area contributed by atoms with Gasteiger partial charge < -0.3 is 10.1 Å². The molecule has 2 aromatic carbocycles. The molecule has 7 nitrogen and oxygen atoms in total. The molecular weight excluding hydrogens is 416 g/mol. The first-order valence-electron chi connectivity index (χ1n) is 10.3. The first kappa shape index (κ1) is 21.4. The summed E-state index contributed by atoms with van der Waals surface area (Å²) in [6.45, 7) is 5.93. The third-order valence-electron chi connectivity index (χ3n) is 5.64. The molecular formula is C23H26N2O5S. The number of fused-ring (bicyclic) bond motifs is 2. The fourth-order valence-electron chi connectivity index (χ4n) is 4.19. The minimum absolute atomic E-state index is 0.0285. The lowest BCUT2D eigenvalue weighted by Gasteiger charge is -2.38. The number of carbonyl (C=O) groups is 2. The van der Waals surface area contributed by atoms with Gasteiger partial charge in [-0.05, 0) is 51.0 Å². The molecule has 2 aromatic rings. The second-order valence-corrected chi connectivity index (χ2v) is 10.5. The summed E-state index contributed by atoms with van der Waals surface area (Å²) >= 11 is 0. The Hall–Kier alpha value is -2.87. The van der Waals surface area contributed by atoms with Crippen LogP contribution in [0.4, 0.5) is 0 Å². The zero-order chi connectivity index (χ0) is 22.4. The Morgan fingerprint density at radius 2 is 1.97 bits per heavy atom. The second-order valence-electron chi connectivity index (χ2n) is 8.71. The molecule has 0 radical (unpaired) electrons. The third kappa shape index (κ3) is 4.04. The molecule has 0 fully saturated rings. The van der Waals surface area contributed by atoms with Crippen molar-refractivity contribution in [1.82, 2.24) is 9.62 Å². The van der Waals surface area contributed by atoms with E-state index in [9.17, 15) is 18.0 Å². The Labute approximate surface area is 182 Å². The summed E-state index contributed by atoms with van der Waals surface area (Å²) in [5.41, 5.74) is 1.79. The van der Waals surface area contributed by atoms with Crippen LogP contribution in [0.1, 0.15) is 60.6 Å². The van der Waals surface area contributed by atoms with Gasteiger partial charge in [-0.1, -0.05) is 24.3 Å². The van der Waals surface area contributed by atoms with Crippen LogP contribution < -0.4 is 10.1 Å². The minimum atomic E-state index is -3.84. The van der Waals surface area contributed by atoms with Crippen LogP contribution in [0.5, 0.6) is 5.75 Å². The molecule has 1 atom stereocenters. The molecule has 2 heterocycles. The van der Waals surface area contributed by atoms with Gasteiger partial charge in [0.05, 0.1) is 11.6 Å². The van der Waals surface area contributed by atoms with Crippen molar-refractivity contribution in [1.29, 1.82) is 0 Å². The molecule has 2 aliphatic heterocycles. The Bertz CT molecular complexity index is 1160. The van der Waals surface area contributed by atoms with Gasteiger partial charge in [0, 0.05) is 24.9 Å². The SMILES string of the molecule is Cc1ccc2c(c1)OC(C)(C)C[C@@H]2NC(=O)CCCN1C(=O)c2ccccc2S1(=O)=O. The summed E-state index contributed by atoms with van der Waals surface area (Å²) in [7, 11) is -3.84. The van der Waals surface area contributed by atoms with E-state index in [-0.39, 0.29) is 41.8 Å². The van der Waals surface area contributed by atoms with Crippen LogP contribution in [0, 0.1) is 6.92 Å². The van der Waals surface area contributed by atoms with Gasteiger partial charge in [-0.3, -0.25) is 9.59 Å². The summed E-state index contributed by atoms with van der Waals surface area (Å²) in [5.74, 6) is 0.0512. The maximum Gasteiger partial charge on any atom is 0.269 e. The number of aryl methyl sites for hydroxylation is 1. The number of hydrogen-bond donors (Lipinski definition) is 1. The minimum Gasteiger partial charge on any atom is -0.487 e. The van der Waals surface area contributed by atoms with Crippen LogP contribution in [0.15, 0.2) is 47.4 Å². The lowest BCUT2D eigenvalue weighted by Crippen LogP contribution is -2.41. The van der Waals surface area contributed by atoms with E-state index in [1.807, 2.05) is 39.0 Å². The monoisotopic (exact) mass is 442 g/mol. The van der Waals surface area contributed by atoms with Crippen molar-refractivity contribution in [2.45, 2.75) is 56.6 Å². The number of carbonyl (C=O) groups excluding carboxylic acids is 2. The van der Waals surface area contributed by atoms with Gasteiger partial charge in [-0.2, -0.15) is 0 Å². The van der Waals surface area contributed by atoms with Crippen molar-refractivity contribution in [2.24, 2.45) is 0 Å². The number of rotatable bonds is 5. The smallest absolute Gasteiger partial charge is 0.269 e. The van der Waals surface area contributed by atoms with Gasteiger partial charge in [-0.25, -0.2) is 12.7 Å². The van der Waals surface area contributed by atoms with Crippen molar-refractivity contribution in [3.63, 3.8) is 0 Å². The van der Waals surface area contributed by atoms with Crippen molar-refractivity contribution in [2.75, 3.05) is 6.54 Å². The number of sulfonamides is 1. The Morgan fingerprint density at radius 1 is 1.23 bits per heavy atom. The van der Waals surface area contributed by atoms with Crippen molar-refractivity contribution in [3.8, 4) is 5.75 Å². The summed E-state index contributed by atoms with van der Waals surface area (Å²) in [6.07, 6.45) is 0.996. The average molecular weight is 443 g/mol. The van der Waals surface area contributed by atoms with E-state index in [1.165, 1.54) is 12.1 Å². The van der Waals surface area contributed by atoms with Crippen LogP contribution in [0.25, 0.3) is 0 Å². The number of benzene rings is 2. The molecule has 31 heavy (non-hydrogen) atoms. The van der Waals surface area contributed by atoms with E-state index >= 15 is 0 Å². The molecule has 2 aliphatic rings. The normalized spacial score (nSPS) is 20.5. The number of nitrogens with zero attached hydrogens (tertiary/aromatic N) is 1. The van der Waals surface area contributed by atoms with E-state index in [2.05, 4.69) is 5.32 Å². The fraction of sp³-hybridized carbons (Fsp3) is 0.391. The van der Waals surface area contributed by atoms with Crippen LogP contribution in [0.3, 0.4) is 0 Å². The lowest BCUT2D eigenvalue weighted by atomic mass is 9.89. The zero-order valence-electron chi connectivity index (χ0n) is 17.8. The van der Waals surface area contributed by atoms with E-state index in [0.29, 0.717) is 6.42 Å². The third-order valence-corrected chi connectivity index (χ3v) is 7.48. The van der Waals surface area contributed by atoms with Crippen LogP contribution >= 0.6 is 0 Å². The Morgan fingerprint density at radius 3 is 2.71 bits per heavy atom. The number of amides is 2. The van der Waals surface area contributed by atoms with Gasteiger partial charge >= 0.3 is 0 Å². The largest absolute Gasteiger partial charge is 0.487 e. The van der Waals surface area contributed by atoms with Gasteiger partial charge in [0.25, 0.3) is 15.9 Å². The van der Waals surface area contributed by atoms with Gasteiger partial charge in [0.1, 0.15) is 16.2 Å². The highest BCUT2D eigenvalue weighted by Crippen LogP contribution is 2.40. The standard InChI is InChI=1S/C23H26N2O5S/c1-15-10-11-16-18(14-23(2,3)30-19(16)13-15)24-21(26)9-6-12-25-22(27)17-7-4-5-8-20(17)31(25,28)29/h4-5,7-8,10-11,13,18H,6,9,12,14H2,1-3H3,(H,24,26)/t18-/m0/s1. The van der Waals surface area contributed by atoms with Crippen LogP contribution in [-0.4, -0.2) is 36.7 Å². The molecule has 4 rings (SSSR count). The van der Waals surface area contributed by atoms with Gasteiger partial charge in [-0.15, -0.1) is 0 Å². The van der Waals surface area contributed by atoms with Crippen molar-refractivity contribution in [3.05, 3.63) is 59.2 Å². The summed E-state index contributed by atoms with van der Waals surface area (Å²) < 4.78 is 32.2. The molecule has 8 heteroatoms. The number of ether oxygens (including phenoxy) is 1. The van der Waals surface area contributed by atoms with Crippen LogP contribution in [-0.2, 0) is 14.8 Å². The molecule has 0 aromatic heterocycles. The highest BCUT2D eigenvalue weighted by molar-refractivity contribution is 7.90. The summed E-state index contributed by atoms with van der Waals surface area (Å²) in [5, 5.41) is 3.05. The fourth-order valence-corrected chi connectivity index (χ4v) is 5.80. The quantitative estimate of drug-likeness (QED) is 0.767. The van der Waals surface area contributed by atoms with E-state index in [0.717, 1.165) is 21.2 Å². The van der Waals surface area contributed by atoms with Crippen LogP contribution in [0.2, 0.25) is 0 Å². The zero-order valence-corrected chi connectivity index (χ0v) is 18.7. The van der Waals surface area contributed by atoms with E-state index in [1.54, 1.807) is 12.1 Å². The molecule has 0 saturated carbocycles. The van der Waals surface area contributed by atoms with E-state index < -0.39 is 21.5 Å². The van der Waals surface area contributed by atoms with Gasteiger partial charge in [0.15, 0.2) is 0 Å². The molecule has 1 N–H and O–H groups in total. The second kappa shape index (κ2) is 7.67. The Kier molecular flexibility index (Phi) is 5.29. The maximum absolute atomic E-state index is 12.6. The lowest BCUT2D eigenvalue weighted by molar-refractivity contribution is -0.122. The highest BCUT2D eigenvalue weighted by atomic mass is 32.2. The summed E-state index contributed by atoms with van der Waals surface area (Å²) in [6, 6.07) is 11.9. The Balaban J connectivity index is 1.39. The number of nitrogens with one attached hydrogen (secondary N) is 1. The van der Waals surface area contributed by atoms with Crippen molar-refractivity contribution < 1.29 is 22.7 Å². The van der Waals surface area contributed by atoms with E-state index in [4.69, 9.17) is 4.74 Å². The molecule has 0 bridgehead atoms. The summed E-state index contributed by atoms with van der Waals surface area (Å²) in [4.78, 5) is 25.1. The highest BCUT2D eigenvalue weighted by Gasteiger charge is 2.40. The molecule has 0 saturated heterocycles. The first-order valence-corrected chi connectivity index (χ1v) is 11.8. The predicted molar refractivity (Wildman–Crippen MR) is 115 cm³/mol. The molecule has 164 valence electrons. The predicted octanol–water partition coefficient (Wildman–Crippen LogP) is 3.34.